The highest BCUT2D eigenvalue weighted by molar-refractivity contribution is 7.85. The van der Waals surface area contributed by atoms with Crippen LogP contribution in [0.25, 0.3) is 5.70 Å². The van der Waals surface area contributed by atoms with E-state index in [-0.39, 0.29) is 11.9 Å². The van der Waals surface area contributed by atoms with Crippen molar-refractivity contribution in [3.63, 3.8) is 0 Å². The predicted octanol–water partition coefficient (Wildman–Crippen LogP) is 4.87. The molecule has 214 valence electrons. The molecule has 2 unspecified atom stereocenters. The molecule has 0 spiro atoms. The minimum Gasteiger partial charge on any atom is -0.396 e. The molecule has 2 atom stereocenters. The van der Waals surface area contributed by atoms with Gasteiger partial charge in [0, 0.05) is 37.4 Å². The van der Waals surface area contributed by atoms with Crippen molar-refractivity contribution in [3.05, 3.63) is 96.1 Å². The first-order valence-corrected chi connectivity index (χ1v) is 14.6. The van der Waals surface area contributed by atoms with E-state index in [1.165, 1.54) is 24.5 Å². The highest BCUT2D eigenvalue weighted by Crippen LogP contribution is 2.27. The van der Waals surface area contributed by atoms with Gasteiger partial charge in [0.05, 0.1) is 10.6 Å². The number of allylic oxidation sites excluding steroid dienone is 5. The maximum Gasteiger partial charge on any atom is 0.253 e. The molecule has 39 heavy (non-hydrogen) atoms. The molecule has 8 nitrogen and oxygen atoms in total. The zero-order valence-electron chi connectivity index (χ0n) is 23.6. The monoisotopic (exact) mass is 573 g/mol. The topological polar surface area (TPSA) is 122 Å². The van der Waals surface area contributed by atoms with Crippen molar-refractivity contribution in [2.24, 2.45) is 11.6 Å². The number of rotatable bonds is 7. The third kappa shape index (κ3) is 12.9. The van der Waals surface area contributed by atoms with E-state index in [1.807, 2.05) is 104 Å². The van der Waals surface area contributed by atoms with E-state index in [9.17, 15) is 9.00 Å². The summed E-state index contributed by atoms with van der Waals surface area (Å²) in [5.74, 6) is 5.26. The zero-order chi connectivity index (χ0) is 29.6. The van der Waals surface area contributed by atoms with E-state index < -0.39 is 11.0 Å². The quantitative estimate of drug-likeness (QED) is 0.188. The Labute approximate surface area is 240 Å². The van der Waals surface area contributed by atoms with E-state index in [1.54, 1.807) is 6.08 Å². The Hall–Kier alpha value is -3.31. The average Bonchev–Trinajstić information content (AvgIpc) is 3.46. The number of piperazine rings is 1. The van der Waals surface area contributed by atoms with Crippen LogP contribution in [0, 0.1) is 0 Å². The summed E-state index contributed by atoms with van der Waals surface area (Å²) in [4.78, 5) is 24.1. The Kier molecular flexibility index (Phi) is 19.8. The van der Waals surface area contributed by atoms with Gasteiger partial charge >= 0.3 is 0 Å². The Morgan fingerprint density at radius 3 is 2.28 bits per heavy atom. The van der Waals surface area contributed by atoms with Gasteiger partial charge in [0.15, 0.2) is 0 Å². The fraction of sp³-hybridized carbons (Fsp3) is 0.310. The predicted molar refractivity (Wildman–Crippen MR) is 166 cm³/mol. The molecule has 0 aliphatic carbocycles. The van der Waals surface area contributed by atoms with Gasteiger partial charge in [0.2, 0.25) is 0 Å². The largest absolute Gasteiger partial charge is 0.396 e. The second-order valence-electron chi connectivity index (χ2n) is 7.62. The van der Waals surface area contributed by atoms with Gasteiger partial charge in [-0.3, -0.25) is 10.6 Å². The molecule has 0 bridgehead atoms. The summed E-state index contributed by atoms with van der Waals surface area (Å²) >= 11 is 1.38. The van der Waals surface area contributed by atoms with Crippen molar-refractivity contribution in [3.8, 4) is 0 Å². The number of benzene rings is 1. The maximum absolute atomic E-state index is 13.0. The summed E-state index contributed by atoms with van der Waals surface area (Å²) in [6.45, 7) is 14.6. The number of carbonyl (C=O) groups excluding carboxylic acids is 2. The van der Waals surface area contributed by atoms with Gasteiger partial charge in [-0.1, -0.05) is 69.0 Å². The number of nitrogens with two attached hydrogens (primary N) is 2. The van der Waals surface area contributed by atoms with Crippen molar-refractivity contribution in [2.45, 2.75) is 44.9 Å². The van der Waals surface area contributed by atoms with Gasteiger partial charge in [0.1, 0.15) is 21.5 Å². The second-order valence-corrected chi connectivity index (χ2v) is 10.4. The van der Waals surface area contributed by atoms with Crippen LogP contribution in [0.5, 0.6) is 0 Å². The fourth-order valence-electron chi connectivity index (χ4n) is 3.23. The van der Waals surface area contributed by atoms with Crippen LogP contribution in [0.2, 0.25) is 0 Å². The highest BCUT2D eigenvalue weighted by Gasteiger charge is 2.31. The van der Waals surface area contributed by atoms with Crippen molar-refractivity contribution in [1.82, 2.24) is 14.6 Å². The molecule has 0 radical (unpaired) electrons. The number of hydrogen-bond donors (Lipinski definition) is 3. The number of nitrogens with one attached hydrogen (secondary N) is 1. The number of hydrogen-bond acceptors (Lipinski definition) is 7. The molecule has 1 aromatic carbocycles. The SMILES string of the molecule is C=C/C=C\C=C/C.CC.CC1CN(C(=O)c2ccccc2)CCN1S(=O)c1ccc(/C(N)=C/NN)s1.CC=O. The fourth-order valence-corrected chi connectivity index (χ4v) is 5.80. The lowest BCUT2D eigenvalue weighted by Gasteiger charge is -2.38. The maximum atomic E-state index is 13.0. The molecule has 1 aliphatic rings. The Balaban J connectivity index is 0.00000102. The lowest BCUT2D eigenvalue weighted by molar-refractivity contribution is -0.106. The summed E-state index contributed by atoms with van der Waals surface area (Å²) in [6, 6.07) is 12.9. The first-order valence-electron chi connectivity index (χ1n) is 12.7. The van der Waals surface area contributed by atoms with Gasteiger partial charge in [-0.05, 0) is 45.0 Å². The Morgan fingerprint density at radius 1 is 1.10 bits per heavy atom. The molecule has 1 amide bonds. The van der Waals surface area contributed by atoms with Gasteiger partial charge < -0.3 is 20.9 Å². The Morgan fingerprint density at radius 2 is 1.74 bits per heavy atom. The molecule has 2 heterocycles. The Bertz CT molecular complexity index is 1100. The molecule has 5 N–H and O–H groups in total. The third-order valence-electron chi connectivity index (χ3n) is 4.92. The van der Waals surface area contributed by atoms with Gasteiger partial charge in [0.25, 0.3) is 5.91 Å². The average molecular weight is 574 g/mol. The van der Waals surface area contributed by atoms with E-state index >= 15 is 0 Å². The van der Waals surface area contributed by atoms with Crippen LogP contribution in [-0.2, 0) is 15.8 Å². The normalized spacial score (nSPS) is 16.1. The summed E-state index contributed by atoms with van der Waals surface area (Å²) in [7, 11) is -1.29. The minimum atomic E-state index is -1.29. The number of aldehydes is 1. The van der Waals surface area contributed by atoms with Crippen LogP contribution in [0.4, 0.5) is 0 Å². The minimum absolute atomic E-state index is 0.0125. The second kappa shape index (κ2) is 21.6. The van der Waals surface area contributed by atoms with E-state index in [2.05, 4.69) is 12.0 Å². The molecule has 10 heteroatoms. The number of carbonyl (C=O) groups is 2. The summed E-state index contributed by atoms with van der Waals surface area (Å²) < 4.78 is 15.6. The van der Waals surface area contributed by atoms with Crippen molar-refractivity contribution >= 4 is 40.2 Å². The molecule has 3 rings (SSSR count). The van der Waals surface area contributed by atoms with Gasteiger partial charge in [-0.2, -0.15) is 0 Å². The number of hydrazine groups is 1. The third-order valence-corrected chi connectivity index (χ3v) is 7.97. The highest BCUT2D eigenvalue weighted by atomic mass is 32.2. The van der Waals surface area contributed by atoms with E-state index in [4.69, 9.17) is 16.4 Å². The summed E-state index contributed by atoms with van der Waals surface area (Å²) in [5.41, 5.74) is 9.48. The summed E-state index contributed by atoms with van der Waals surface area (Å²) in [6.07, 6.45) is 11.8. The zero-order valence-corrected chi connectivity index (χ0v) is 25.2. The standard InChI is InChI=1S/C18H23N5O2S2.C7H10.C2H4O.C2H6/c1-13-12-22(18(24)14-5-3-2-4-6-14)9-10-23(13)27(25)17-8-7-16(26-17)15(19)11-21-20;1-3-5-7-6-4-2;1-2-3;1-2/h2-8,11,13,21H,9-10,12,19-20H2,1H3;3-7H,1H2,2H3;2H,1H3;1-2H3/b15-11-;6-4-,7-5-;;. The molecule has 1 saturated heterocycles. The molecule has 1 fully saturated rings. The number of nitrogens with zero attached hydrogens (tertiary/aromatic N) is 2. The van der Waals surface area contributed by atoms with Crippen LogP contribution in [0.1, 0.15) is 49.9 Å². The van der Waals surface area contributed by atoms with Crippen molar-refractivity contribution in [1.29, 1.82) is 0 Å². The molecular formula is C29H43N5O3S2. The van der Waals surface area contributed by atoms with Gasteiger partial charge in [-0.25, -0.2) is 8.51 Å². The smallest absolute Gasteiger partial charge is 0.253 e. The van der Waals surface area contributed by atoms with Crippen LogP contribution in [0.15, 0.2) is 89.8 Å². The lowest BCUT2D eigenvalue weighted by atomic mass is 10.1. The van der Waals surface area contributed by atoms with Crippen molar-refractivity contribution in [2.75, 3.05) is 19.6 Å². The molecular weight excluding hydrogens is 530 g/mol. The van der Waals surface area contributed by atoms with E-state index in [0.29, 0.717) is 30.9 Å². The number of amides is 1. The van der Waals surface area contributed by atoms with Gasteiger partial charge in [-0.15, -0.1) is 11.3 Å². The molecule has 1 aliphatic heterocycles. The van der Waals surface area contributed by atoms with Crippen LogP contribution in [-0.4, -0.2) is 51.3 Å². The van der Waals surface area contributed by atoms with Crippen molar-refractivity contribution < 1.29 is 13.8 Å². The van der Waals surface area contributed by atoms with Crippen LogP contribution < -0.4 is 17.0 Å². The molecule has 0 saturated carbocycles. The first kappa shape index (κ1) is 35.7. The molecule has 2 aromatic rings. The summed E-state index contributed by atoms with van der Waals surface area (Å²) in [5, 5.41) is 0. The molecule has 1 aromatic heterocycles. The van der Waals surface area contributed by atoms with E-state index in [0.717, 1.165) is 15.4 Å². The lowest BCUT2D eigenvalue weighted by Crippen LogP contribution is -2.53. The number of thiophene rings is 1. The van der Waals surface area contributed by atoms with Crippen LogP contribution >= 0.6 is 11.3 Å². The first-order chi connectivity index (χ1) is 18.8. The van der Waals surface area contributed by atoms with Crippen LogP contribution in [0.3, 0.4) is 0 Å².